The van der Waals surface area contributed by atoms with Gasteiger partial charge in [-0.2, -0.15) is 22.0 Å². The predicted octanol–water partition coefficient (Wildman–Crippen LogP) is 6.95. The maximum atomic E-state index is 14.8. The lowest BCUT2D eigenvalue weighted by molar-refractivity contribution is -0.241. The molecule has 0 bridgehead atoms. The summed E-state index contributed by atoms with van der Waals surface area (Å²) >= 11 is 0. The molecule has 0 spiro atoms. The Hall–Kier alpha value is -2.88. The third-order valence-corrected chi connectivity index (χ3v) is 5.26. The average molecular weight is 490 g/mol. The first kappa shape index (κ1) is 25.7. The lowest BCUT2D eigenvalue weighted by Gasteiger charge is -2.34. The molecule has 1 aliphatic rings. The maximum Gasteiger partial charge on any atom is 0.422 e. The van der Waals surface area contributed by atoms with Crippen molar-refractivity contribution in [2.24, 2.45) is 5.92 Å². The number of hydrogen-bond donors (Lipinski definition) is 0. The fourth-order valence-corrected chi connectivity index (χ4v) is 3.62. The summed E-state index contributed by atoms with van der Waals surface area (Å²) in [6, 6.07) is 7.73. The summed E-state index contributed by atoms with van der Waals surface area (Å²) in [6.07, 6.45) is -8.42. The van der Waals surface area contributed by atoms with Gasteiger partial charge >= 0.3 is 12.3 Å². The van der Waals surface area contributed by atoms with Crippen LogP contribution in [0.3, 0.4) is 0 Å². The van der Waals surface area contributed by atoms with Crippen molar-refractivity contribution < 1.29 is 45.3 Å². The molecule has 0 amide bonds. The second-order valence-electron chi connectivity index (χ2n) is 7.60. The van der Waals surface area contributed by atoms with Gasteiger partial charge in [0.05, 0.1) is 25.2 Å². The van der Waals surface area contributed by atoms with Gasteiger partial charge in [-0.25, -0.2) is 4.39 Å². The van der Waals surface area contributed by atoms with Crippen LogP contribution in [0.5, 0.6) is 17.2 Å². The number of ether oxygens (including phenoxy) is 4. The van der Waals surface area contributed by atoms with Gasteiger partial charge in [-0.1, -0.05) is 12.7 Å². The van der Waals surface area contributed by atoms with E-state index in [1.165, 1.54) is 37.3 Å². The number of hydrogen-bond acceptors (Lipinski definition) is 4. The minimum Gasteiger partial charge on any atom is -0.493 e. The largest absolute Gasteiger partial charge is 0.493 e. The fourth-order valence-electron chi connectivity index (χ4n) is 3.62. The van der Waals surface area contributed by atoms with Gasteiger partial charge < -0.3 is 18.9 Å². The van der Waals surface area contributed by atoms with E-state index in [1.807, 2.05) is 0 Å². The van der Waals surface area contributed by atoms with E-state index in [9.17, 15) is 26.3 Å². The number of alkyl halides is 5. The van der Waals surface area contributed by atoms with Crippen LogP contribution >= 0.6 is 0 Å². The zero-order valence-corrected chi connectivity index (χ0v) is 18.3. The molecule has 4 nitrogen and oxygen atoms in total. The molecular weight excluding hydrogens is 466 g/mol. The molecule has 2 unspecified atom stereocenters. The summed E-state index contributed by atoms with van der Waals surface area (Å²) in [7, 11) is 0. The second-order valence-corrected chi connectivity index (χ2v) is 7.60. The van der Waals surface area contributed by atoms with E-state index in [0.29, 0.717) is 5.75 Å². The van der Waals surface area contributed by atoms with Crippen molar-refractivity contribution in [3.63, 3.8) is 0 Å². The molecule has 1 heterocycles. The Balaban J connectivity index is 1.68. The SMILES string of the molecule is C=CCOc1ccc(OC(F)(F)C2CCC(c3ccc(OCC)c(C(F)(F)F)c3F)OC2)cc1. The Labute approximate surface area is 193 Å². The number of rotatable bonds is 9. The smallest absolute Gasteiger partial charge is 0.422 e. The molecule has 2 aromatic carbocycles. The van der Waals surface area contributed by atoms with Gasteiger partial charge in [0.15, 0.2) is 0 Å². The van der Waals surface area contributed by atoms with Gasteiger partial charge in [-0.05, 0) is 56.2 Å². The molecule has 1 saturated heterocycles. The highest BCUT2D eigenvalue weighted by Crippen LogP contribution is 2.44. The summed E-state index contributed by atoms with van der Waals surface area (Å²) in [5.74, 6) is -3.16. The summed E-state index contributed by atoms with van der Waals surface area (Å²) in [6.45, 7) is 4.65. The standard InChI is InChI=1S/C24H24F6O4/c1-3-13-32-16-6-8-17(9-7-16)34-24(29,30)15-5-11-19(33-14-15)18-10-12-20(31-4-2)21(22(18)25)23(26,27)28/h3,6-10,12,15,19H,1,4-5,11,13-14H2,2H3. The van der Waals surface area contributed by atoms with Crippen LogP contribution in [0.4, 0.5) is 26.3 Å². The summed E-state index contributed by atoms with van der Waals surface area (Å²) < 4.78 is 105. The van der Waals surface area contributed by atoms with E-state index in [2.05, 4.69) is 6.58 Å². The third kappa shape index (κ3) is 5.97. The van der Waals surface area contributed by atoms with Crippen molar-refractivity contribution in [2.45, 2.75) is 38.2 Å². The molecule has 0 N–H and O–H groups in total. The summed E-state index contributed by atoms with van der Waals surface area (Å²) in [5.41, 5.74) is -1.89. The number of benzene rings is 2. The molecule has 2 aromatic rings. The molecular formula is C24H24F6O4. The molecule has 2 atom stereocenters. The highest BCUT2D eigenvalue weighted by Gasteiger charge is 2.46. The maximum absolute atomic E-state index is 14.8. The van der Waals surface area contributed by atoms with Crippen molar-refractivity contribution in [2.75, 3.05) is 19.8 Å². The molecule has 186 valence electrons. The Morgan fingerprint density at radius 3 is 2.24 bits per heavy atom. The monoisotopic (exact) mass is 490 g/mol. The Kier molecular flexibility index (Phi) is 8.01. The van der Waals surface area contributed by atoms with E-state index in [-0.39, 0.29) is 37.4 Å². The van der Waals surface area contributed by atoms with E-state index in [4.69, 9.17) is 18.9 Å². The van der Waals surface area contributed by atoms with Crippen LogP contribution in [0, 0.1) is 11.7 Å². The normalized spacial score (nSPS) is 18.9. The number of halogens is 6. The Bertz CT molecular complexity index is 967. The molecule has 1 fully saturated rings. The average Bonchev–Trinajstić information content (AvgIpc) is 2.78. The first-order valence-corrected chi connectivity index (χ1v) is 10.6. The van der Waals surface area contributed by atoms with Gasteiger partial charge in [0, 0.05) is 5.56 Å². The van der Waals surface area contributed by atoms with Crippen molar-refractivity contribution in [1.29, 1.82) is 0 Å². The van der Waals surface area contributed by atoms with E-state index in [0.717, 1.165) is 12.1 Å². The van der Waals surface area contributed by atoms with Crippen LogP contribution in [0.15, 0.2) is 49.1 Å². The van der Waals surface area contributed by atoms with Crippen LogP contribution < -0.4 is 14.2 Å². The first-order valence-electron chi connectivity index (χ1n) is 10.6. The van der Waals surface area contributed by atoms with Gasteiger partial charge in [0.1, 0.15) is 35.2 Å². The van der Waals surface area contributed by atoms with Crippen LogP contribution in [0.25, 0.3) is 0 Å². The van der Waals surface area contributed by atoms with Crippen molar-refractivity contribution >= 4 is 0 Å². The van der Waals surface area contributed by atoms with E-state index >= 15 is 0 Å². The van der Waals surface area contributed by atoms with Crippen molar-refractivity contribution in [3.05, 3.63) is 66.0 Å². The van der Waals surface area contributed by atoms with Crippen LogP contribution in [0.2, 0.25) is 0 Å². The first-order chi connectivity index (χ1) is 16.1. The van der Waals surface area contributed by atoms with Crippen LogP contribution in [0.1, 0.15) is 37.0 Å². The predicted molar refractivity (Wildman–Crippen MR) is 112 cm³/mol. The molecule has 0 radical (unpaired) electrons. The zero-order chi connectivity index (χ0) is 24.9. The Morgan fingerprint density at radius 2 is 1.68 bits per heavy atom. The summed E-state index contributed by atoms with van der Waals surface area (Å²) in [4.78, 5) is 0. The third-order valence-electron chi connectivity index (χ3n) is 5.26. The van der Waals surface area contributed by atoms with Crippen LogP contribution in [-0.2, 0) is 10.9 Å². The minimum atomic E-state index is -4.99. The fraction of sp³-hybridized carbons (Fsp3) is 0.417. The minimum absolute atomic E-state index is 0.0802. The van der Waals surface area contributed by atoms with Gasteiger partial charge in [0.2, 0.25) is 0 Å². The summed E-state index contributed by atoms with van der Waals surface area (Å²) in [5, 5.41) is 0. The van der Waals surface area contributed by atoms with E-state index < -0.39 is 48.0 Å². The topological polar surface area (TPSA) is 36.9 Å². The lowest BCUT2D eigenvalue weighted by Crippen LogP contribution is -2.40. The van der Waals surface area contributed by atoms with Crippen molar-refractivity contribution in [1.82, 2.24) is 0 Å². The quantitative estimate of drug-likeness (QED) is 0.282. The van der Waals surface area contributed by atoms with Gasteiger partial charge in [0.25, 0.3) is 0 Å². The molecule has 3 rings (SSSR count). The molecule has 0 aromatic heterocycles. The van der Waals surface area contributed by atoms with E-state index in [1.54, 1.807) is 0 Å². The van der Waals surface area contributed by atoms with Crippen molar-refractivity contribution in [3.8, 4) is 17.2 Å². The molecule has 1 aliphatic heterocycles. The molecule has 0 aliphatic carbocycles. The van der Waals surface area contributed by atoms with Gasteiger partial charge in [-0.3, -0.25) is 0 Å². The molecule has 0 saturated carbocycles. The lowest BCUT2D eigenvalue weighted by atomic mass is 9.92. The second kappa shape index (κ2) is 10.6. The van der Waals surface area contributed by atoms with Gasteiger partial charge in [-0.15, -0.1) is 0 Å². The molecule has 10 heteroatoms. The zero-order valence-electron chi connectivity index (χ0n) is 18.3. The highest BCUT2D eigenvalue weighted by atomic mass is 19.4. The highest BCUT2D eigenvalue weighted by molar-refractivity contribution is 5.42. The Morgan fingerprint density at radius 1 is 1.00 bits per heavy atom. The van der Waals surface area contributed by atoms with Crippen LogP contribution in [-0.4, -0.2) is 25.9 Å². The molecule has 34 heavy (non-hydrogen) atoms.